The number of thiocarbonyl (C=S) groups is 1. The lowest BCUT2D eigenvalue weighted by atomic mass is 10.2. The molecule has 2 aromatic rings. The molecule has 94 valence electrons. The van der Waals surface area contributed by atoms with Gasteiger partial charge in [0.05, 0.1) is 17.3 Å². The smallest absolute Gasteiger partial charge is 0.169 e. The van der Waals surface area contributed by atoms with Crippen molar-refractivity contribution in [2.24, 2.45) is 12.8 Å². The molecule has 1 aromatic heterocycles. The summed E-state index contributed by atoms with van der Waals surface area (Å²) in [5.74, 6) is 0.701. The molecular formula is C11H12ClN5S. The van der Waals surface area contributed by atoms with E-state index in [4.69, 9.17) is 29.6 Å². The fourth-order valence-electron chi connectivity index (χ4n) is 1.45. The van der Waals surface area contributed by atoms with E-state index < -0.39 is 0 Å². The van der Waals surface area contributed by atoms with Gasteiger partial charge in [-0.25, -0.2) is 4.98 Å². The number of nitrogens with two attached hydrogens (primary N) is 1. The molecule has 0 aliphatic rings. The van der Waals surface area contributed by atoms with E-state index in [2.05, 4.69) is 15.4 Å². The van der Waals surface area contributed by atoms with Gasteiger partial charge in [-0.1, -0.05) is 23.8 Å². The van der Waals surface area contributed by atoms with Gasteiger partial charge in [0.15, 0.2) is 5.82 Å². The number of hydrogen-bond donors (Lipinski definition) is 2. The molecule has 18 heavy (non-hydrogen) atoms. The Kier molecular flexibility index (Phi) is 3.78. The third-order valence-corrected chi connectivity index (χ3v) is 2.89. The molecule has 0 radical (unpaired) electrons. The highest BCUT2D eigenvalue weighted by molar-refractivity contribution is 7.80. The van der Waals surface area contributed by atoms with Crippen LogP contribution < -0.4 is 11.1 Å². The van der Waals surface area contributed by atoms with E-state index in [0.29, 0.717) is 22.4 Å². The summed E-state index contributed by atoms with van der Waals surface area (Å²) in [4.78, 5) is 4.44. The van der Waals surface area contributed by atoms with Gasteiger partial charge in [-0.05, 0) is 18.2 Å². The Morgan fingerprint density at radius 3 is 2.89 bits per heavy atom. The van der Waals surface area contributed by atoms with E-state index in [1.54, 1.807) is 17.1 Å². The molecule has 0 saturated heterocycles. The number of anilines is 1. The predicted octanol–water partition coefficient (Wildman–Crippen LogP) is 1.71. The van der Waals surface area contributed by atoms with E-state index >= 15 is 0 Å². The van der Waals surface area contributed by atoms with Crippen molar-refractivity contribution in [2.45, 2.75) is 6.54 Å². The van der Waals surface area contributed by atoms with Crippen LogP contribution in [0.2, 0.25) is 5.02 Å². The van der Waals surface area contributed by atoms with Gasteiger partial charge in [0.25, 0.3) is 0 Å². The fraction of sp³-hybridized carbons (Fsp3) is 0.182. The molecule has 7 heteroatoms. The topological polar surface area (TPSA) is 68.8 Å². The van der Waals surface area contributed by atoms with Crippen molar-refractivity contribution in [3.63, 3.8) is 0 Å². The summed E-state index contributed by atoms with van der Waals surface area (Å²) in [5, 5.41) is 7.88. The lowest BCUT2D eigenvalue weighted by molar-refractivity contribution is 0.747. The first-order valence-corrected chi connectivity index (χ1v) is 6.02. The quantitative estimate of drug-likeness (QED) is 0.835. The van der Waals surface area contributed by atoms with Crippen molar-refractivity contribution in [3.8, 4) is 0 Å². The standard InChI is InChI=1S/C11H12ClN5S/c1-17-6-15-10(16-17)5-14-9-3-2-7(11(13)18)4-8(9)12/h2-4,6,14H,5H2,1H3,(H2,13,18). The third kappa shape index (κ3) is 2.96. The Morgan fingerprint density at radius 2 is 2.33 bits per heavy atom. The number of nitrogens with one attached hydrogen (secondary N) is 1. The van der Waals surface area contributed by atoms with E-state index in [-0.39, 0.29) is 0 Å². The monoisotopic (exact) mass is 281 g/mol. The van der Waals surface area contributed by atoms with Crippen LogP contribution in [0.1, 0.15) is 11.4 Å². The molecule has 0 amide bonds. The van der Waals surface area contributed by atoms with Crippen LogP contribution in [-0.2, 0) is 13.6 Å². The van der Waals surface area contributed by atoms with Gasteiger partial charge in [-0.3, -0.25) is 4.68 Å². The molecule has 5 nitrogen and oxygen atoms in total. The van der Waals surface area contributed by atoms with E-state index in [9.17, 15) is 0 Å². The first kappa shape index (κ1) is 12.8. The van der Waals surface area contributed by atoms with Crippen LogP contribution in [-0.4, -0.2) is 19.8 Å². The molecule has 3 N–H and O–H groups in total. The van der Waals surface area contributed by atoms with Crippen molar-refractivity contribution < 1.29 is 0 Å². The molecule has 0 bridgehead atoms. The maximum absolute atomic E-state index is 6.12. The largest absolute Gasteiger partial charge is 0.389 e. The van der Waals surface area contributed by atoms with Crippen LogP contribution in [0.25, 0.3) is 0 Å². The molecule has 1 aromatic carbocycles. The van der Waals surface area contributed by atoms with Crippen molar-refractivity contribution in [3.05, 3.63) is 40.9 Å². The summed E-state index contributed by atoms with van der Waals surface area (Å²) in [6.07, 6.45) is 1.65. The molecule has 0 aliphatic heterocycles. The number of hydrogen-bond acceptors (Lipinski definition) is 4. The maximum Gasteiger partial charge on any atom is 0.169 e. The number of aryl methyl sites for hydroxylation is 1. The normalized spacial score (nSPS) is 10.3. The minimum absolute atomic E-state index is 0.329. The van der Waals surface area contributed by atoms with Crippen LogP contribution in [0.4, 0.5) is 5.69 Å². The second-order valence-corrected chi connectivity index (χ2v) is 4.59. The van der Waals surface area contributed by atoms with Crippen molar-refractivity contribution in [1.29, 1.82) is 0 Å². The Hall–Kier alpha value is -1.66. The minimum Gasteiger partial charge on any atom is -0.389 e. The van der Waals surface area contributed by atoms with Crippen molar-refractivity contribution >= 4 is 34.5 Å². The molecule has 0 spiro atoms. The molecule has 0 saturated carbocycles. The molecule has 0 atom stereocenters. The molecular weight excluding hydrogens is 270 g/mol. The third-order valence-electron chi connectivity index (χ3n) is 2.34. The number of nitrogens with zero attached hydrogens (tertiary/aromatic N) is 3. The average molecular weight is 282 g/mol. The van der Waals surface area contributed by atoms with E-state index in [1.165, 1.54) is 0 Å². The van der Waals surface area contributed by atoms with Crippen LogP contribution in [0, 0.1) is 0 Å². The predicted molar refractivity (Wildman–Crippen MR) is 75.7 cm³/mol. The maximum atomic E-state index is 6.12. The zero-order chi connectivity index (χ0) is 13.1. The zero-order valence-corrected chi connectivity index (χ0v) is 11.3. The van der Waals surface area contributed by atoms with Gasteiger partial charge in [0, 0.05) is 12.6 Å². The first-order valence-electron chi connectivity index (χ1n) is 5.24. The zero-order valence-electron chi connectivity index (χ0n) is 9.72. The van der Waals surface area contributed by atoms with E-state index in [1.807, 2.05) is 19.2 Å². The first-order chi connectivity index (χ1) is 8.56. The lowest BCUT2D eigenvalue weighted by Crippen LogP contribution is -2.09. The van der Waals surface area contributed by atoms with Crippen molar-refractivity contribution in [2.75, 3.05) is 5.32 Å². The van der Waals surface area contributed by atoms with Gasteiger partial charge >= 0.3 is 0 Å². The Morgan fingerprint density at radius 1 is 1.56 bits per heavy atom. The summed E-state index contributed by atoms with van der Waals surface area (Å²) in [5.41, 5.74) is 7.07. The van der Waals surface area contributed by atoms with Crippen LogP contribution >= 0.6 is 23.8 Å². The van der Waals surface area contributed by atoms with Gasteiger partial charge in [0.2, 0.25) is 0 Å². The Bertz CT molecular complexity index is 581. The highest BCUT2D eigenvalue weighted by Gasteiger charge is 2.05. The molecule has 1 heterocycles. The van der Waals surface area contributed by atoms with Gasteiger partial charge in [-0.2, -0.15) is 5.10 Å². The lowest BCUT2D eigenvalue weighted by Gasteiger charge is -2.07. The summed E-state index contributed by atoms with van der Waals surface area (Å²) in [6, 6.07) is 5.39. The average Bonchev–Trinajstić information content (AvgIpc) is 2.73. The number of aromatic nitrogens is 3. The summed E-state index contributed by atoms with van der Waals surface area (Å²) in [7, 11) is 1.82. The minimum atomic E-state index is 0.329. The second-order valence-electron chi connectivity index (χ2n) is 3.75. The molecule has 0 unspecified atom stereocenters. The fourth-order valence-corrected chi connectivity index (χ4v) is 1.83. The van der Waals surface area contributed by atoms with Crippen LogP contribution in [0.5, 0.6) is 0 Å². The summed E-state index contributed by atoms with van der Waals surface area (Å²) in [6.45, 7) is 0.507. The van der Waals surface area contributed by atoms with Crippen LogP contribution in [0.3, 0.4) is 0 Å². The van der Waals surface area contributed by atoms with Gasteiger partial charge < -0.3 is 11.1 Å². The van der Waals surface area contributed by atoms with Gasteiger partial charge in [0.1, 0.15) is 11.3 Å². The SMILES string of the molecule is Cn1cnc(CNc2ccc(C(N)=S)cc2Cl)n1. The molecule has 2 rings (SSSR count). The summed E-state index contributed by atoms with van der Waals surface area (Å²) < 4.78 is 1.65. The van der Waals surface area contributed by atoms with Crippen LogP contribution in [0.15, 0.2) is 24.5 Å². The molecule has 0 aliphatic carbocycles. The van der Waals surface area contributed by atoms with E-state index in [0.717, 1.165) is 11.3 Å². The van der Waals surface area contributed by atoms with Gasteiger partial charge in [-0.15, -0.1) is 0 Å². The molecule has 0 fully saturated rings. The highest BCUT2D eigenvalue weighted by atomic mass is 35.5. The summed E-state index contributed by atoms with van der Waals surface area (Å²) >= 11 is 11.0. The Balaban J connectivity index is 2.08. The number of rotatable bonds is 4. The highest BCUT2D eigenvalue weighted by Crippen LogP contribution is 2.23. The van der Waals surface area contributed by atoms with Crippen molar-refractivity contribution in [1.82, 2.24) is 14.8 Å². The Labute approximate surface area is 115 Å². The number of halogens is 1. The second kappa shape index (κ2) is 5.32. The number of benzene rings is 1.